The fourth-order valence-electron chi connectivity index (χ4n) is 2.61. The smallest absolute Gasteiger partial charge is 0.161 e. The molecule has 0 aliphatic rings. The van der Waals surface area contributed by atoms with Crippen molar-refractivity contribution in [1.82, 2.24) is 0 Å². The molecule has 0 amide bonds. The lowest BCUT2D eigenvalue weighted by atomic mass is 10.1. The summed E-state index contributed by atoms with van der Waals surface area (Å²) in [6.07, 6.45) is 0.760. The molecule has 0 aliphatic carbocycles. The topological polar surface area (TPSA) is 36.9 Å². The molecule has 0 N–H and O–H groups in total. The zero-order chi connectivity index (χ0) is 17.7. The molecular weight excluding hydrogens is 304 g/mol. The Morgan fingerprint density at radius 1 is 0.750 bits per heavy atom. The first-order valence-electron chi connectivity index (χ1n) is 8.01. The summed E-state index contributed by atoms with van der Waals surface area (Å²) < 4.78 is 22.2. The van der Waals surface area contributed by atoms with Gasteiger partial charge in [-0.05, 0) is 61.7 Å². The zero-order valence-electron chi connectivity index (χ0n) is 15.3. The van der Waals surface area contributed by atoms with Crippen LogP contribution < -0.4 is 18.9 Å². The number of hydrogen-bond donors (Lipinski definition) is 0. The Morgan fingerprint density at radius 2 is 1.29 bits per heavy atom. The zero-order valence-corrected chi connectivity index (χ0v) is 15.3. The minimum atomic E-state index is -0.000827. The van der Waals surface area contributed by atoms with E-state index in [9.17, 15) is 0 Å². The molecule has 0 saturated heterocycles. The lowest BCUT2D eigenvalue weighted by Gasteiger charge is -2.19. The van der Waals surface area contributed by atoms with Crippen LogP contribution in [0.5, 0.6) is 23.0 Å². The van der Waals surface area contributed by atoms with Crippen molar-refractivity contribution in [2.24, 2.45) is 0 Å². The third-order valence-electron chi connectivity index (χ3n) is 4.08. The van der Waals surface area contributed by atoms with Gasteiger partial charge in [-0.15, -0.1) is 0 Å². The predicted octanol–water partition coefficient (Wildman–Crippen LogP) is 4.34. The molecule has 0 aromatic heterocycles. The molecule has 2 rings (SSSR count). The van der Waals surface area contributed by atoms with Crippen LogP contribution in [0.4, 0.5) is 0 Å². The summed E-state index contributed by atoms with van der Waals surface area (Å²) in [5.74, 6) is 2.99. The van der Waals surface area contributed by atoms with E-state index >= 15 is 0 Å². The van der Waals surface area contributed by atoms with Gasteiger partial charge in [-0.1, -0.05) is 6.07 Å². The van der Waals surface area contributed by atoms with Crippen molar-refractivity contribution in [3.8, 4) is 23.0 Å². The highest BCUT2D eigenvalue weighted by atomic mass is 16.5. The fourth-order valence-corrected chi connectivity index (χ4v) is 2.61. The first kappa shape index (κ1) is 18.0. The van der Waals surface area contributed by atoms with Crippen molar-refractivity contribution in [3.05, 3.63) is 47.0 Å². The minimum absolute atomic E-state index is 0.000827. The maximum Gasteiger partial charge on any atom is 0.161 e. The van der Waals surface area contributed by atoms with E-state index in [2.05, 4.69) is 13.8 Å². The van der Waals surface area contributed by atoms with Crippen molar-refractivity contribution in [2.75, 3.05) is 21.3 Å². The van der Waals surface area contributed by atoms with Crippen LogP contribution in [0.15, 0.2) is 30.3 Å². The highest BCUT2D eigenvalue weighted by Crippen LogP contribution is 2.32. The normalized spacial score (nSPS) is 11.8. The van der Waals surface area contributed by atoms with Crippen molar-refractivity contribution >= 4 is 0 Å². The summed E-state index contributed by atoms with van der Waals surface area (Å²) in [7, 11) is 4.94. The second kappa shape index (κ2) is 7.95. The molecule has 1 atom stereocenters. The van der Waals surface area contributed by atoms with Gasteiger partial charge in [0.1, 0.15) is 6.10 Å². The molecule has 0 spiro atoms. The molecule has 4 heteroatoms. The predicted molar refractivity (Wildman–Crippen MR) is 95.8 cm³/mol. The summed E-state index contributed by atoms with van der Waals surface area (Å²) >= 11 is 0. The second-order valence-electron chi connectivity index (χ2n) is 5.91. The van der Waals surface area contributed by atoms with Crippen LogP contribution in [0.3, 0.4) is 0 Å². The highest BCUT2D eigenvalue weighted by Gasteiger charge is 2.13. The first-order chi connectivity index (χ1) is 11.5. The van der Waals surface area contributed by atoms with Crippen LogP contribution in [0.2, 0.25) is 0 Å². The molecule has 2 aromatic rings. The van der Waals surface area contributed by atoms with Crippen LogP contribution in [0.25, 0.3) is 0 Å². The number of ether oxygens (including phenoxy) is 4. The molecule has 0 bridgehead atoms. The van der Waals surface area contributed by atoms with Crippen molar-refractivity contribution in [1.29, 1.82) is 0 Å². The van der Waals surface area contributed by atoms with Gasteiger partial charge in [-0.3, -0.25) is 0 Å². The Kier molecular flexibility index (Phi) is 5.96. The van der Waals surface area contributed by atoms with E-state index in [-0.39, 0.29) is 6.10 Å². The summed E-state index contributed by atoms with van der Waals surface area (Å²) in [5.41, 5.74) is 3.50. The Hall–Kier alpha value is -2.36. The third kappa shape index (κ3) is 4.13. The lowest BCUT2D eigenvalue weighted by molar-refractivity contribution is 0.211. The molecule has 130 valence electrons. The van der Waals surface area contributed by atoms with E-state index < -0.39 is 0 Å². The van der Waals surface area contributed by atoms with E-state index in [1.165, 1.54) is 11.1 Å². The molecular formula is C20H26O4. The van der Waals surface area contributed by atoms with Crippen LogP contribution >= 0.6 is 0 Å². The van der Waals surface area contributed by atoms with E-state index in [4.69, 9.17) is 18.9 Å². The van der Waals surface area contributed by atoms with Crippen LogP contribution in [-0.2, 0) is 6.42 Å². The Morgan fingerprint density at radius 3 is 1.88 bits per heavy atom. The molecule has 24 heavy (non-hydrogen) atoms. The molecule has 0 radical (unpaired) electrons. The summed E-state index contributed by atoms with van der Waals surface area (Å²) in [6, 6.07) is 9.96. The van der Waals surface area contributed by atoms with Crippen LogP contribution in [0.1, 0.15) is 23.6 Å². The summed E-state index contributed by atoms with van der Waals surface area (Å²) in [5, 5.41) is 0. The van der Waals surface area contributed by atoms with Crippen molar-refractivity contribution in [2.45, 2.75) is 33.3 Å². The van der Waals surface area contributed by atoms with Crippen molar-refractivity contribution < 1.29 is 18.9 Å². The van der Waals surface area contributed by atoms with Gasteiger partial charge in [-0.2, -0.15) is 0 Å². The molecule has 0 heterocycles. The maximum absolute atomic E-state index is 6.11. The van der Waals surface area contributed by atoms with Crippen LogP contribution in [-0.4, -0.2) is 27.4 Å². The van der Waals surface area contributed by atoms with Gasteiger partial charge in [-0.25, -0.2) is 0 Å². The third-order valence-corrected chi connectivity index (χ3v) is 4.08. The Bertz CT molecular complexity index is 694. The monoisotopic (exact) mass is 330 g/mol. The number of rotatable bonds is 7. The van der Waals surface area contributed by atoms with E-state index in [1.807, 2.05) is 37.3 Å². The maximum atomic E-state index is 6.11. The molecule has 1 unspecified atom stereocenters. The average Bonchev–Trinajstić information content (AvgIpc) is 2.57. The second-order valence-corrected chi connectivity index (χ2v) is 5.91. The fraction of sp³-hybridized carbons (Fsp3) is 0.400. The van der Waals surface area contributed by atoms with Gasteiger partial charge in [0.2, 0.25) is 0 Å². The quantitative estimate of drug-likeness (QED) is 0.757. The number of benzene rings is 2. The minimum Gasteiger partial charge on any atom is -0.493 e. The average molecular weight is 330 g/mol. The van der Waals surface area contributed by atoms with Gasteiger partial charge in [0.15, 0.2) is 23.0 Å². The Labute approximate surface area is 144 Å². The number of aryl methyl sites for hydroxylation is 2. The molecule has 0 saturated carbocycles. The standard InChI is InChI=1S/C20H26O4/c1-13-9-18(22-5)20(10-14(13)2)24-15(3)11-16-7-8-17(21-4)19(12-16)23-6/h7-10,12,15H,11H2,1-6H3. The van der Waals surface area contributed by atoms with E-state index in [1.54, 1.807) is 21.3 Å². The van der Waals surface area contributed by atoms with Gasteiger partial charge in [0.05, 0.1) is 21.3 Å². The van der Waals surface area contributed by atoms with Gasteiger partial charge >= 0.3 is 0 Å². The molecule has 0 fully saturated rings. The van der Waals surface area contributed by atoms with E-state index in [0.717, 1.165) is 35.0 Å². The van der Waals surface area contributed by atoms with Gasteiger partial charge in [0.25, 0.3) is 0 Å². The molecule has 2 aromatic carbocycles. The van der Waals surface area contributed by atoms with Crippen molar-refractivity contribution in [3.63, 3.8) is 0 Å². The first-order valence-corrected chi connectivity index (χ1v) is 8.01. The largest absolute Gasteiger partial charge is 0.493 e. The van der Waals surface area contributed by atoms with E-state index in [0.29, 0.717) is 0 Å². The lowest BCUT2D eigenvalue weighted by Crippen LogP contribution is -2.16. The SMILES string of the molecule is COc1ccc(CC(C)Oc2cc(C)c(C)cc2OC)cc1OC. The number of methoxy groups -OCH3 is 3. The number of hydrogen-bond acceptors (Lipinski definition) is 4. The molecule has 4 nitrogen and oxygen atoms in total. The highest BCUT2D eigenvalue weighted by molar-refractivity contribution is 5.47. The van der Waals surface area contributed by atoms with Crippen LogP contribution in [0, 0.1) is 13.8 Å². The van der Waals surface area contributed by atoms with Gasteiger partial charge < -0.3 is 18.9 Å². The summed E-state index contributed by atoms with van der Waals surface area (Å²) in [6.45, 7) is 6.18. The summed E-state index contributed by atoms with van der Waals surface area (Å²) in [4.78, 5) is 0. The Balaban J connectivity index is 2.14. The van der Waals surface area contributed by atoms with Gasteiger partial charge in [0, 0.05) is 6.42 Å². The molecule has 0 aliphatic heterocycles.